The number of imidazole rings is 3. The molecule has 0 aliphatic carbocycles. The van der Waals surface area contributed by atoms with Crippen LogP contribution in [0.25, 0.3) is 78.3 Å². The second-order valence-electron chi connectivity index (χ2n) is 33.4. The van der Waals surface area contributed by atoms with Crippen LogP contribution < -0.4 is 14.2 Å². The summed E-state index contributed by atoms with van der Waals surface area (Å²) in [6.45, 7) is 25.1. The van der Waals surface area contributed by atoms with Gasteiger partial charge in [-0.05, 0) is 105 Å². The summed E-state index contributed by atoms with van der Waals surface area (Å²) in [6, 6.07) is 41.7. The molecule has 16 rings (SSSR count). The Bertz CT molecular complexity index is 5200. The number of benzene rings is 4. The van der Waals surface area contributed by atoms with E-state index in [1.807, 2.05) is 92.6 Å². The third kappa shape index (κ3) is 21.0. The molecule has 4 aromatic carbocycles. The number of hydrogen-bond acceptors (Lipinski definition) is 23. The van der Waals surface area contributed by atoms with Gasteiger partial charge in [0.25, 0.3) is 0 Å². The first-order valence-corrected chi connectivity index (χ1v) is 54.8. The molecule has 0 amide bonds. The van der Waals surface area contributed by atoms with Gasteiger partial charge in [0, 0.05) is 81.9 Å². The third-order valence-electron chi connectivity index (χ3n) is 20.3. The molecule has 6 fully saturated rings. The molecule has 6 aliphatic heterocycles. The van der Waals surface area contributed by atoms with Gasteiger partial charge in [-0.3, -0.25) is 13.7 Å². The van der Waals surface area contributed by atoms with Crippen LogP contribution in [0.2, 0.25) is 92.1 Å². The minimum absolute atomic E-state index is 0.210. The van der Waals surface area contributed by atoms with Gasteiger partial charge in [-0.25, -0.2) is 19.2 Å². The van der Waals surface area contributed by atoms with E-state index in [9.17, 15) is 19.5 Å². The fourth-order valence-electron chi connectivity index (χ4n) is 13.9. The molecule has 0 unspecified atom stereocenters. The van der Waals surface area contributed by atoms with E-state index in [4.69, 9.17) is 112 Å². The van der Waals surface area contributed by atoms with Crippen LogP contribution in [0.15, 0.2) is 124 Å². The van der Waals surface area contributed by atoms with Crippen molar-refractivity contribution in [3.05, 3.63) is 139 Å². The van der Waals surface area contributed by atoms with Gasteiger partial charge >= 0.3 is 18.0 Å². The lowest BCUT2D eigenvalue weighted by molar-refractivity contribution is 0.00332. The van der Waals surface area contributed by atoms with Crippen LogP contribution in [-0.2, 0) is 72.6 Å². The van der Waals surface area contributed by atoms with Crippen molar-refractivity contribution in [1.82, 2.24) is 43.6 Å². The molecule has 10 aromatic rings. The van der Waals surface area contributed by atoms with Gasteiger partial charge in [0.15, 0.2) is 35.3 Å². The van der Waals surface area contributed by atoms with E-state index < -0.39 is 76.7 Å². The zero-order chi connectivity index (χ0) is 81.4. The average Bonchev–Trinajstić information content (AvgIpc) is 1.66. The Morgan fingerprint density at radius 3 is 1.07 bits per heavy atom. The van der Waals surface area contributed by atoms with E-state index in [1.54, 1.807) is 24.6 Å². The fraction of sp³-hybridized carbons (Fsp3) is 0.475. The van der Waals surface area contributed by atoms with Crippen LogP contribution in [-0.4, -0.2) is 233 Å². The summed E-state index contributed by atoms with van der Waals surface area (Å²) in [5, 5.41) is 31.8. The summed E-state index contributed by atoms with van der Waals surface area (Å²) in [7, 11) is -5.96. The van der Waals surface area contributed by atoms with E-state index in [-0.39, 0.29) is 77.1 Å². The van der Waals surface area contributed by atoms with Crippen molar-refractivity contribution in [2.24, 2.45) is 4.36 Å². The standard InChI is InChI=1S/C32H39ClN4O6SSi.C30H33BrClN3O5Si.C18H25ClIN3O5Si/c1-44(2,39)36-23-12-10-21(11-13-23)20-6-8-22(9-7-20)28-24(33)16-25-31(35-28)37(19-40-14-15-45(3,4)5)32(34-25)43-27-18-42-29-26(38)17-41-30(27)29;1-41(2,3)13-12-37-17-35-29-23(33-30(35)40-25-16-39-27-24(36)15-38-28(25)27)14-22(32)26(34-29)20-6-4-18(5-7-20)19-8-10-21(31)11-9-19;1-29(2,3)5-4-25-9-23-17-11(6-10(19)16(20)22-17)21-18(23)28-13-8-27-14-12(24)7-26-15(13)14/h6-13,16,26-27,29-30,38H,14-15,17-19H2,1-5H3;4-11,14,24-25,27-28,36H,12-13,15-17H2,1-3H3;6,12-15,24H,4-5,7-9H2,1-3H3/t26-,27-,29-,30-;24-,25-,27-,28-;12-,13-,14-,15-/m111/s1. The maximum Gasteiger partial charge on any atom is 0.301 e. The maximum absolute atomic E-state index is 12.0. The Labute approximate surface area is 708 Å². The van der Waals surface area contributed by atoms with Crippen LogP contribution in [0.1, 0.15) is 0 Å². The van der Waals surface area contributed by atoms with Crippen LogP contribution in [0.5, 0.6) is 18.0 Å². The van der Waals surface area contributed by atoms with E-state index in [1.165, 1.54) is 0 Å². The Morgan fingerprint density at radius 1 is 0.443 bits per heavy atom. The second-order valence-corrected chi connectivity index (χ2v) is 55.9. The number of hydrogen-bond donors (Lipinski definition) is 3. The van der Waals surface area contributed by atoms with Crippen molar-refractivity contribution in [2.75, 3.05) is 72.0 Å². The normalized spacial score (nSPS) is 23.3. The summed E-state index contributed by atoms with van der Waals surface area (Å²) in [6.07, 6.45) is -2.14. The van der Waals surface area contributed by atoms with Crippen molar-refractivity contribution < 1.29 is 76.4 Å². The van der Waals surface area contributed by atoms with E-state index in [2.05, 4.69) is 136 Å². The van der Waals surface area contributed by atoms with E-state index in [0.717, 1.165) is 56.0 Å². The molecular formula is C80H97BrCl3IN10O16SSi3. The van der Waals surface area contributed by atoms with Gasteiger partial charge in [0.05, 0.1) is 71.8 Å². The molecule has 12 atom stereocenters. The summed E-state index contributed by atoms with van der Waals surface area (Å²) in [5.74, 6) is 0. The SMILES string of the molecule is C[Si](C)(C)CCOCn1c(O[C@@H]2CO[C@H]3[C@@H]2OC[C@H]3O)nc2cc(Cl)c(-c3ccc(-c4ccc(Br)cc4)cc3)nc21.C[Si](C)(C)CCOCn1c(O[C@@H]2CO[C@H]3[C@@H]2OC[C@H]3O)nc2cc(Cl)c(-c3ccc(-c4ccc(N=S(C)(C)=O)cc4)cc3)nc21.C[Si](C)(C)CCOCn1c(O[C@@H]2CO[C@H]3[C@@H]2OC[C@H]3O)nc2cc(Cl)c(I)nc21. The Morgan fingerprint density at radius 2 is 0.739 bits per heavy atom. The monoisotopic (exact) mass is 1880 g/mol. The molecule has 616 valence electrons. The summed E-state index contributed by atoms with van der Waals surface area (Å²) in [4.78, 5) is 28.6. The van der Waals surface area contributed by atoms with Crippen LogP contribution in [0, 0.1) is 3.70 Å². The molecule has 12 heterocycles. The minimum atomic E-state index is -2.22. The lowest BCUT2D eigenvalue weighted by Crippen LogP contribution is -2.35. The second kappa shape index (κ2) is 36.3. The first-order valence-electron chi connectivity index (χ1n) is 38.3. The molecule has 0 radical (unpaired) electrons. The Balaban J connectivity index is 0.000000146. The van der Waals surface area contributed by atoms with Crippen molar-refractivity contribution in [1.29, 1.82) is 0 Å². The number of pyridine rings is 3. The van der Waals surface area contributed by atoms with Crippen LogP contribution in [0.4, 0.5) is 5.69 Å². The predicted molar refractivity (Wildman–Crippen MR) is 464 cm³/mol. The summed E-state index contributed by atoms with van der Waals surface area (Å²) in [5.41, 5.74) is 11.7. The molecule has 35 heteroatoms. The highest BCUT2D eigenvalue weighted by atomic mass is 127. The zero-order valence-corrected chi connectivity index (χ0v) is 75.8. The van der Waals surface area contributed by atoms with Gasteiger partial charge in [-0.2, -0.15) is 19.3 Å². The van der Waals surface area contributed by atoms with Crippen LogP contribution in [0.3, 0.4) is 0 Å². The Hall–Kier alpha value is -5.66. The number of aromatic nitrogens is 9. The van der Waals surface area contributed by atoms with Gasteiger partial charge in [0.1, 0.15) is 95.4 Å². The van der Waals surface area contributed by atoms with Crippen molar-refractivity contribution in [3.63, 3.8) is 0 Å². The Kier molecular flexibility index (Phi) is 27.1. The molecule has 6 aliphatic rings. The molecule has 0 spiro atoms. The smallest absolute Gasteiger partial charge is 0.301 e. The molecule has 26 nitrogen and oxygen atoms in total. The first kappa shape index (κ1) is 85.7. The number of rotatable bonds is 26. The van der Waals surface area contributed by atoms with Gasteiger partial charge in [-0.15, -0.1) is 0 Å². The summed E-state index contributed by atoms with van der Waals surface area (Å²) < 4.78 is 94.9. The van der Waals surface area contributed by atoms with Crippen molar-refractivity contribution in [2.45, 2.75) is 170 Å². The largest absolute Gasteiger partial charge is 0.456 e. The average molecular weight is 1880 g/mol. The fourth-order valence-corrected chi connectivity index (χ4v) is 18.1. The van der Waals surface area contributed by atoms with Crippen molar-refractivity contribution in [3.8, 4) is 62.8 Å². The number of halogens is 5. The molecule has 115 heavy (non-hydrogen) atoms. The minimum Gasteiger partial charge on any atom is -0.456 e. The third-order valence-corrected chi connectivity index (χ3v) is 28.6. The highest BCUT2D eigenvalue weighted by Crippen LogP contribution is 2.40. The lowest BCUT2D eigenvalue weighted by Gasteiger charge is -2.19. The number of aliphatic hydroxyl groups excluding tert-OH is 3. The number of fused-ring (bicyclic) bond motifs is 6. The molecule has 0 bridgehead atoms. The first-order chi connectivity index (χ1) is 54.7. The molecule has 0 saturated carbocycles. The van der Waals surface area contributed by atoms with Gasteiger partial charge in [-0.1, -0.05) is 182 Å². The highest BCUT2D eigenvalue weighted by Gasteiger charge is 2.51. The summed E-state index contributed by atoms with van der Waals surface area (Å²) >= 11 is 25.4. The van der Waals surface area contributed by atoms with E-state index in [0.29, 0.717) is 120 Å². The quantitative estimate of drug-likeness (QED) is 0.0196. The highest BCUT2D eigenvalue weighted by molar-refractivity contribution is 14.1. The van der Waals surface area contributed by atoms with Gasteiger partial charge < -0.3 is 72.2 Å². The predicted octanol–water partition coefficient (Wildman–Crippen LogP) is 15.3. The van der Waals surface area contributed by atoms with Gasteiger partial charge in [0.2, 0.25) is 0 Å². The number of nitrogens with zero attached hydrogens (tertiary/aromatic N) is 10. The van der Waals surface area contributed by atoms with E-state index >= 15 is 0 Å². The van der Waals surface area contributed by atoms with Crippen molar-refractivity contribution >= 4 is 146 Å². The van der Waals surface area contributed by atoms with Crippen LogP contribution >= 0.6 is 73.3 Å². The maximum atomic E-state index is 12.0. The molecule has 6 saturated heterocycles. The number of ether oxygens (including phenoxy) is 12. The lowest BCUT2D eigenvalue weighted by atomic mass is 10.0. The number of aliphatic hydroxyl groups is 3. The molecular weight excluding hydrogens is 1790 g/mol. The molecule has 3 N–H and O–H groups in total. The topological polar surface area (TPSA) is 293 Å². The zero-order valence-electron chi connectivity index (χ0n) is 65.9. The molecule has 6 aromatic heterocycles.